The van der Waals surface area contributed by atoms with Crippen LogP contribution in [0.2, 0.25) is 0 Å². The summed E-state index contributed by atoms with van der Waals surface area (Å²) >= 11 is 0. The number of furan rings is 1. The number of rotatable bonds is 8. The maximum Gasteiger partial charge on any atom is 0.136 e. The molecule has 1 nitrogen and oxygen atoms in total. The van der Waals surface area contributed by atoms with Crippen molar-refractivity contribution in [1.82, 2.24) is 0 Å². The topological polar surface area (TPSA) is 13.1 Å². The van der Waals surface area contributed by atoms with Gasteiger partial charge in [-0.15, -0.1) is 0 Å². The van der Waals surface area contributed by atoms with Gasteiger partial charge in [0.25, 0.3) is 0 Å². The number of benzene rings is 22. The molecule has 22 aromatic carbocycles. The average Bonchev–Trinajstić information content (AvgIpc) is 0.829. The van der Waals surface area contributed by atoms with Crippen LogP contribution in [0.4, 0.5) is 0 Å². The van der Waals surface area contributed by atoms with Crippen molar-refractivity contribution in [1.29, 1.82) is 0 Å². The van der Waals surface area contributed by atoms with Gasteiger partial charge in [-0.05, 0) is 215 Å². The van der Waals surface area contributed by atoms with Gasteiger partial charge in [0.05, 0.1) is 64.4 Å². The standard InChI is InChI=1S/C40H24O.2C36H24/c1-2-13-26(14-3-1)37-30-18-8-10-20-32(30)38(33-21-11-9-19-31(33)37)34-24-36-40(29-17-7-6-16-28(29)34)39-27-15-5-4-12-25(27)22-23-35(39)41-36;1-3-13-25(14-4-1)27-23-24-34(29-18-8-7-17-28(27)29)36-32-21-11-9-19-30(32)35(26-15-5-2-6-16-26)31-20-10-12-22-33(31)36;1-2-13-26(14-3-1)35-31-19-6-8-21-33(31)36(34-22-9-7-20-32(34)35)28-17-10-16-27(24-28)30-23-11-15-25-12-4-5-18-29(25)30/h1-24H;2*1-24H/i1D,2D,3D,8D,9D,10D,11D,13D,14D,18D,19D,20D,21D;2D,5D,6D,7D,8D,9D,10D,11D,12D,15D,16D,17D,18D,19D,20D,21D,22D,23D,24D;4D,5D,6D,7D,8D,9D,11D,12D,15D,18D,19D,20D,21D,22D,23D. The van der Waals surface area contributed by atoms with E-state index in [0.717, 1.165) is 26.9 Å². The van der Waals surface area contributed by atoms with E-state index in [-0.39, 0.29) is 109 Å². The molecule has 0 spiro atoms. The summed E-state index contributed by atoms with van der Waals surface area (Å²) in [6.07, 6.45) is 0. The van der Waals surface area contributed by atoms with Gasteiger partial charge in [-0.1, -0.05) is 417 Å². The Bertz CT molecular complexity index is 10400. The van der Waals surface area contributed by atoms with Crippen LogP contribution in [0.1, 0.15) is 64.4 Å². The molecule has 526 valence electrons. The van der Waals surface area contributed by atoms with Crippen LogP contribution in [0, 0.1) is 0 Å². The van der Waals surface area contributed by atoms with Crippen LogP contribution in [0.15, 0.2) is 440 Å². The highest BCUT2D eigenvalue weighted by atomic mass is 16.3. The highest BCUT2D eigenvalue weighted by molar-refractivity contribution is 6.32. The van der Waals surface area contributed by atoms with Crippen LogP contribution in [0.25, 0.3) is 219 Å². The summed E-state index contributed by atoms with van der Waals surface area (Å²) in [5, 5.41) is 0.906. The van der Waals surface area contributed by atoms with Crippen molar-refractivity contribution in [2.24, 2.45) is 0 Å². The molecule has 0 saturated heterocycles. The lowest BCUT2D eigenvalue weighted by Crippen LogP contribution is -1.92. The van der Waals surface area contributed by atoms with Crippen molar-refractivity contribution < 1.29 is 68.8 Å². The van der Waals surface area contributed by atoms with Crippen LogP contribution >= 0.6 is 0 Å². The predicted molar refractivity (Wildman–Crippen MR) is 485 cm³/mol. The molecule has 113 heavy (non-hydrogen) atoms. The SMILES string of the molecule is [2H]c1c([2H])c([2H])c(-c2c3c([2H])c([2H])c([2H])c([2H])c3c(-c3c([2H])c([2H])c(-c4ccccc4)c4c([2H])c([2H])c([2H])c([2H])c34)c3c([2H])c([2H])c([2H])c([2H])c23)c([2H])c1[2H].[2H]c1c([2H])c([2H])c(-c2c3c([2H])c([2H])c([2H])c([2H])c3c(-c3cc4oc5ccc6ccccc6c5c4c4ccccc34)c3c([2H])c([2H])c([2H])c([2H])c23)c([2H])c1[2H].[2H]c1c([2H])c([2H])c2c(-c3cccc(-c4c5c([2H])c([2H])c([2H])c([2H])c5c(-c5ccccc5)c5c([2H])c([2H])c([2H])c([2H])c45)c3)c([2H])c([2H])c([2H])c2c1[2H]. The zero-order valence-electron chi connectivity index (χ0n) is 105. The summed E-state index contributed by atoms with van der Waals surface area (Å²) in [4.78, 5) is 0. The molecule has 1 heterocycles. The second-order valence-corrected chi connectivity index (χ2v) is 25.9. The lowest BCUT2D eigenvalue weighted by Gasteiger charge is -2.19. The molecule has 0 radical (unpaired) electrons. The van der Waals surface area contributed by atoms with Crippen molar-refractivity contribution in [2.45, 2.75) is 0 Å². The van der Waals surface area contributed by atoms with Crippen LogP contribution in [0.3, 0.4) is 0 Å². The molecule has 0 aliphatic rings. The average molecular weight is 1480 g/mol. The molecule has 0 atom stereocenters. The highest BCUT2D eigenvalue weighted by Gasteiger charge is 2.24. The van der Waals surface area contributed by atoms with Gasteiger partial charge in [-0.2, -0.15) is 0 Å². The lowest BCUT2D eigenvalue weighted by molar-refractivity contribution is 0.669. The molecule has 1 heteroatoms. The van der Waals surface area contributed by atoms with E-state index in [4.69, 9.17) is 57.9 Å². The summed E-state index contributed by atoms with van der Waals surface area (Å²) in [7, 11) is 0. The van der Waals surface area contributed by atoms with Crippen molar-refractivity contribution in [3.63, 3.8) is 0 Å². The summed E-state index contributed by atoms with van der Waals surface area (Å²) < 4.78 is 420. The van der Waals surface area contributed by atoms with E-state index in [2.05, 4.69) is 0 Å². The van der Waals surface area contributed by atoms with Crippen molar-refractivity contribution in [3.8, 4) is 89.0 Å². The Kier molecular flexibility index (Phi) is 8.54. The minimum absolute atomic E-state index is 0.0184. The molecule has 0 bridgehead atoms. The molecule has 0 unspecified atom stereocenters. The van der Waals surface area contributed by atoms with Crippen LogP contribution in [-0.4, -0.2) is 0 Å². The van der Waals surface area contributed by atoms with E-state index >= 15 is 0 Å². The fourth-order valence-corrected chi connectivity index (χ4v) is 15.2. The molecule has 23 aromatic rings. The third kappa shape index (κ3) is 11.5. The van der Waals surface area contributed by atoms with E-state index in [9.17, 15) is 11.0 Å². The Morgan fingerprint density at radius 2 is 0.513 bits per heavy atom. The minimum Gasteiger partial charge on any atom is -0.456 e. The lowest BCUT2D eigenvalue weighted by atomic mass is 9.84. The number of hydrogen-bond donors (Lipinski definition) is 0. The molecule has 1 aromatic heterocycles. The van der Waals surface area contributed by atoms with Crippen LogP contribution < -0.4 is 0 Å². The van der Waals surface area contributed by atoms with Crippen molar-refractivity contribution in [3.05, 3.63) is 436 Å². The van der Waals surface area contributed by atoms with Crippen LogP contribution in [0.5, 0.6) is 0 Å². The molecule has 0 saturated carbocycles. The van der Waals surface area contributed by atoms with Gasteiger partial charge < -0.3 is 4.42 Å². The maximum absolute atomic E-state index is 9.50. The molecule has 0 fully saturated rings. The Labute approximate surface area is 721 Å². The van der Waals surface area contributed by atoms with Gasteiger partial charge in [0, 0.05) is 10.8 Å². The third-order valence-electron chi connectivity index (χ3n) is 19.9. The fraction of sp³-hybridized carbons (Fsp3) is 0. The monoisotopic (exact) mass is 1480 g/mol. The Hall–Kier alpha value is -14.8. The summed E-state index contributed by atoms with van der Waals surface area (Å²) in [5.41, 5.74) is -0.285. The molecule has 0 amide bonds. The smallest absolute Gasteiger partial charge is 0.136 e. The van der Waals surface area contributed by atoms with E-state index in [1.807, 2.05) is 54.6 Å². The van der Waals surface area contributed by atoms with Crippen molar-refractivity contribution in [2.75, 3.05) is 0 Å². The van der Waals surface area contributed by atoms with Gasteiger partial charge in [-0.3, -0.25) is 0 Å². The molecule has 0 aliphatic carbocycles. The molecule has 0 N–H and O–H groups in total. The van der Waals surface area contributed by atoms with Gasteiger partial charge in [0.2, 0.25) is 0 Å². The largest absolute Gasteiger partial charge is 0.456 e. The molecular weight excluding hydrogens is 1360 g/mol. The number of fused-ring (bicyclic) bond motifs is 15. The van der Waals surface area contributed by atoms with Gasteiger partial charge in [0.1, 0.15) is 11.2 Å². The highest BCUT2D eigenvalue weighted by Crippen LogP contribution is 2.51. The minimum atomic E-state index is -0.851. The zero-order valence-corrected chi connectivity index (χ0v) is 58.3. The van der Waals surface area contributed by atoms with Gasteiger partial charge in [-0.25, -0.2) is 0 Å². The van der Waals surface area contributed by atoms with Gasteiger partial charge in [0.15, 0.2) is 0 Å². The molecular formula is C112H72O. The second-order valence-electron chi connectivity index (χ2n) is 25.9. The van der Waals surface area contributed by atoms with Gasteiger partial charge >= 0.3 is 0 Å². The first-order chi connectivity index (χ1) is 75.7. The quantitative estimate of drug-likeness (QED) is 0.138. The molecule has 0 aliphatic heterocycles. The Morgan fingerprint density at radius 1 is 0.159 bits per heavy atom. The van der Waals surface area contributed by atoms with E-state index in [1.165, 1.54) is 12.1 Å². The van der Waals surface area contributed by atoms with Crippen molar-refractivity contribution >= 4 is 130 Å². The summed E-state index contributed by atoms with van der Waals surface area (Å²) in [6.45, 7) is 0. The van der Waals surface area contributed by atoms with E-state index in [1.54, 1.807) is 84.9 Å². The van der Waals surface area contributed by atoms with E-state index in [0.29, 0.717) is 33.2 Å². The normalized spacial score (nSPS) is 17.4. The van der Waals surface area contributed by atoms with E-state index < -0.39 is 333 Å². The maximum atomic E-state index is 9.50. The summed E-state index contributed by atoms with van der Waals surface area (Å²) in [5.74, 6) is 0. The fourth-order valence-electron chi connectivity index (χ4n) is 15.2. The number of hydrogen-bond acceptors (Lipinski definition) is 1. The molecule has 23 rings (SSSR count). The first-order valence-corrected chi connectivity index (χ1v) is 35.2. The first kappa shape index (κ1) is 34.0. The van der Waals surface area contributed by atoms with Crippen LogP contribution in [-0.2, 0) is 0 Å². The Morgan fingerprint density at radius 3 is 1.04 bits per heavy atom. The Balaban J connectivity index is 0.000000138. The summed E-state index contributed by atoms with van der Waals surface area (Å²) in [6, 6.07) is 12.4. The second kappa shape index (κ2) is 28.3. The predicted octanol–water partition coefficient (Wildman–Crippen LogP) is 31.8. The zero-order chi connectivity index (χ0) is 116. The third-order valence-corrected chi connectivity index (χ3v) is 19.9. The first-order valence-electron chi connectivity index (χ1n) is 58.7.